The Morgan fingerprint density at radius 1 is 1.00 bits per heavy atom. The van der Waals surface area contributed by atoms with Gasteiger partial charge < -0.3 is 16.0 Å². The van der Waals surface area contributed by atoms with Crippen LogP contribution in [0.5, 0.6) is 0 Å². The maximum atomic E-state index is 13.6. The molecule has 1 saturated carbocycles. The lowest BCUT2D eigenvalue weighted by molar-refractivity contribution is 0.317. The molecule has 7 heteroatoms. The van der Waals surface area contributed by atoms with Gasteiger partial charge in [-0.1, -0.05) is 31.4 Å². The van der Waals surface area contributed by atoms with Crippen LogP contribution >= 0.6 is 0 Å². The SMILES string of the molecule is Cc1cccc(NC2(c3nc(-c4ccc(F)cc4)c(-c4ccnc(N)n4)[nH]3)CCCCC2)c1. The number of aryl methyl sites for hydroxylation is 1. The first-order chi connectivity index (χ1) is 16.0. The van der Waals surface area contributed by atoms with Gasteiger partial charge in [-0.25, -0.2) is 19.3 Å². The molecule has 1 aliphatic carbocycles. The van der Waals surface area contributed by atoms with Crippen molar-refractivity contribution in [1.82, 2.24) is 19.9 Å². The third kappa shape index (κ3) is 4.31. The van der Waals surface area contributed by atoms with Crippen molar-refractivity contribution in [2.45, 2.75) is 44.6 Å². The summed E-state index contributed by atoms with van der Waals surface area (Å²) in [5.74, 6) is 0.765. The minimum atomic E-state index is -0.336. The first-order valence-corrected chi connectivity index (χ1v) is 11.3. The van der Waals surface area contributed by atoms with E-state index in [4.69, 9.17) is 10.7 Å². The Morgan fingerprint density at radius 2 is 1.79 bits per heavy atom. The summed E-state index contributed by atoms with van der Waals surface area (Å²) in [4.78, 5) is 17.1. The number of aromatic nitrogens is 4. The summed E-state index contributed by atoms with van der Waals surface area (Å²) in [7, 11) is 0. The number of benzene rings is 2. The molecule has 168 valence electrons. The first-order valence-electron chi connectivity index (χ1n) is 11.3. The lowest BCUT2D eigenvalue weighted by Crippen LogP contribution is -2.38. The van der Waals surface area contributed by atoms with E-state index in [0.29, 0.717) is 5.69 Å². The van der Waals surface area contributed by atoms with Crippen LogP contribution in [-0.2, 0) is 5.54 Å². The molecule has 1 fully saturated rings. The third-order valence-corrected chi connectivity index (χ3v) is 6.31. The number of imidazole rings is 1. The van der Waals surface area contributed by atoms with E-state index in [0.717, 1.165) is 54.1 Å². The Hall–Kier alpha value is -3.74. The van der Waals surface area contributed by atoms with Crippen molar-refractivity contribution >= 4 is 11.6 Å². The second-order valence-corrected chi connectivity index (χ2v) is 8.75. The minimum Gasteiger partial charge on any atom is -0.373 e. The highest BCUT2D eigenvalue weighted by Gasteiger charge is 2.38. The molecule has 6 nitrogen and oxygen atoms in total. The van der Waals surface area contributed by atoms with Gasteiger partial charge in [0.2, 0.25) is 5.95 Å². The average molecular weight is 443 g/mol. The highest BCUT2D eigenvalue weighted by atomic mass is 19.1. The monoisotopic (exact) mass is 442 g/mol. The molecule has 2 aromatic carbocycles. The highest BCUT2D eigenvalue weighted by molar-refractivity contribution is 5.77. The second kappa shape index (κ2) is 8.65. The number of rotatable bonds is 5. The maximum absolute atomic E-state index is 13.6. The van der Waals surface area contributed by atoms with E-state index in [-0.39, 0.29) is 17.3 Å². The molecule has 0 saturated heterocycles. The van der Waals surface area contributed by atoms with Crippen molar-refractivity contribution in [2.24, 2.45) is 0 Å². The normalized spacial score (nSPS) is 15.3. The summed E-state index contributed by atoms with van der Waals surface area (Å²) in [5.41, 5.74) is 10.8. The van der Waals surface area contributed by atoms with Gasteiger partial charge in [0.05, 0.1) is 22.6 Å². The predicted molar refractivity (Wildman–Crippen MR) is 129 cm³/mol. The number of nitrogen functional groups attached to an aromatic ring is 1. The predicted octanol–water partition coefficient (Wildman–Crippen LogP) is 5.83. The molecule has 4 aromatic rings. The quantitative estimate of drug-likeness (QED) is 0.361. The summed E-state index contributed by atoms with van der Waals surface area (Å²) in [6.07, 6.45) is 6.99. The average Bonchev–Trinajstić information content (AvgIpc) is 3.27. The second-order valence-electron chi connectivity index (χ2n) is 8.75. The Morgan fingerprint density at radius 3 is 2.52 bits per heavy atom. The number of aromatic amines is 1. The van der Waals surface area contributed by atoms with Crippen molar-refractivity contribution < 1.29 is 4.39 Å². The van der Waals surface area contributed by atoms with Gasteiger partial charge in [0.25, 0.3) is 0 Å². The summed E-state index contributed by atoms with van der Waals surface area (Å²) >= 11 is 0. The molecule has 5 rings (SSSR count). The van der Waals surface area contributed by atoms with Gasteiger partial charge in [-0.05, 0) is 67.8 Å². The molecule has 1 aliphatic rings. The van der Waals surface area contributed by atoms with Crippen LogP contribution in [0.2, 0.25) is 0 Å². The van der Waals surface area contributed by atoms with Gasteiger partial charge in [0.1, 0.15) is 11.6 Å². The molecule has 0 radical (unpaired) electrons. The smallest absolute Gasteiger partial charge is 0.220 e. The molecule has 33 heavy (non-hydrogen) atoms. The van der Waals surface area contributed by atoms with Crippen molar-refractivity contribution in [3.8, 4) is 22.6 Å². The van der Waals surface area contributed by atoms with Crippen molar-refractivity contribution in [1.29, 1.82) is 0 Å². The van der Waals surface area contributed by atoms with Gasteiger partial charge in [0, 0.05) is 17.4 Å². The minimum absolute atomic E-state index is 0.193. The lowest BCUT2D eigenvalue weighted by atomic mass is 9.80. The molecule has 4 N–H and O–H groups in total. The van der Waals surface area contributed by atoms with Crippen molar-refractivity contribution in [2.75, 3.05) is 11.1 Å². The number of hydrogen-bond donors (Lipinski definition) is 3. The van der Waals surface area contributed by atoms with E-state index < -0.39 is 0 Å². The van der Waals surface area contributed by atoms with Crippen LogP contribution < -0.4 is 11.1 Å². The number of H-pyrrole nitrogens is 1. The fraction of sp³-hybridized carbons (Fsp3) is 0.269. The summed E-state index contributed by atoms with van der Waals surface area (Å²) in [6, 6.07) is 16.6. The van der Waals surface area contributed by atoms with E-state index in [1.807, 2.05) is 6.07 Å². The summed E-state index contributed by atoms with van der Waals surface area (Å²) < 4.78 is 13.6. The molecule has 2 heterocycles. The molecule has 0 unspecified atom stereocenters. The zero-order valence-electron chi connectivity index (χ0n) is 18.6. The number of halogens is 1. The molecule has 0 spiro atoms. The van der Waals surface area contributed by atoms with Crippen LogP contribution in [0.15, 0.2) is 60.8 Å². The summed E-state index contributed by atoms with van der Waals surface area (Å²) in [6.45, 7) is 2.09. The largest absolute Gasteiger partial charge is 0.373 e. The molecule has 0 atom stereocenters. The topological polar surface area (TPSA) is 92.5 Å². The Labute approximate surface area is 192 Å². The molecule has 2 aromatic heterocycles. The fourth-order valence-corrected chi connectivity index (χ4v) is 4.69. The van der Waals surface area contributed by atoms with E-state index in [2.05, 4.69) is 51.5 Å². The maximum Gasteiger partial charge on any atom is 0.220 e. The standard InChI is InChI=1S/C26H27FN6/c1-17-6-5-7-20(16-17)33-26(13-3-2-4-14-26)24-31-22(18-8-10-19(27)11-9-18)23(32-24)21-12-15-29-25(28)30-21/h5-12,15-16,33H,2-4,13-14H2,1H3,(H,31,32)(H2,28,29,30). The van der Waals surface area contributed by atoms with E-state index >= 15 is 0 Å². The van der Waals surface area contributed by atoms with E-state index in [1.54, 1.807) is 18.3 Å². The van der Waals surface area contributed by atoms with Crippen LogP contribution in [0.25, 0.3) is 22.6 Å². The van der Waals surface area contributed by atoms with Gasteiger partial charge in [-0.15, -0.1) is 0 Å². The van der Waals surface area contributed by atoms with Crippen LogP contribution in [0.3, 0.4) is 0 Å². The molecule has 0 aliphatic heterocycles. The Kier molecular flexibility index (Phi) is 5.54. The van der Waals surface area contributed by atoms with E-state index in [1.165, 1.54) is 24.1 Å². The number of nitrogens with one attached hydrogen (secondary N) is 2. The van der Waals surface area contributed by atoms with Crippen molar-refractivity contribution in [3.63, 3.8) is 0 Å². The van der Waals surface area contributed by atoms with Crippen LogP contribution in [0.4, 0.5) is 16.0 Å². The molecule has 0 amide bonds. The van der Waals surface area contributed by atoms with E-state index in [9.17, 15) is 4.39 Å². The van der Waals surface area contributed by atoms with Gasteiger partial charge >= 0.3 is 0 Å². The lowest BCUT2D eigenvalue weighted by Gasteiger charge is -2.37. The van der Waals surface area contributed by atoms with Crippen LogP contribution in [0, 0.1) is 12.7 Å². The highest BCUT2D eigenvalue weighted by Crippen LogP contribution is 2.41. The third-order valence-electron chi connectivity index (χ3n) is 6.31. The molecular formula is C26H27FN6. The Balaban J connectivity index is 1.65. The summed E-state index contributed by atoms with van der Waals surface area (Å²) in [5, 5.41) is 3.80. The molecule has 0 bridgehead atoms. The Bertz CT molecular complexity index is 1260. The first kappa shape index (κ1) is 21.1. The fourth-order valence-electron chi connectivity index (χ4n) is 4.69. The molecular weight excluding hydrogens is 415 g/mol. The number of anilines is 2. The van der Waals surface area contributed by atoms with Crippen molar-refractivity contribution in [3.05, 3.63) is 78.0 Å². The number of hydrogen-bond acceptors (Lipinski definition) is 5. The number of nitrogens with two attached hydrogens (primary N) is 1. The van der Waals surface area contributed by atoms with Crippen LogP contribution in [0.1, 0.15) is 43.5 Å². The number of nitrogens with zero attached hydrogens (tertiary/aromatic N) is 3. The van der Waals surface area contributed by atoms with Gasteiger partial charge in [0.15, 0.2) is 0 Å². The zero-order valence-corrected chi connectivity index (χ0v) is 18.6. The van der Waals surface area contributed by atoms with Crippen LogP contribution in [-0.4, -0.2) is 19.9 Å². The zero-order chi connectivity index (χ0) is 22.8. The van der Waals surface area contributed by atoms with Gasteiger partial charge in [-0.3, -0.25) is 0 Å². The van der Waals surface area contributed by atoms with Gasteiger partial charge in [-0.2, -0.15) is 0 Å².